The number of aromatic nitrogens is 2. The molecule has 1 N–H and O–H groups in total. The Morgan fingerprint density at radius 1 is 1.56 bits per heavy atom. The van der Waals surface area contributed by atoms with Crippen LogP contribution in [0.5, 0.6) is 0 Å². The Morgan fingerprint density at radius 2 is 2.31 bits per heavy atom. The van der Waals surface area contributed by atoms with Crippen LogP contribution in [-0.4, -0.2) is 33.8 Å². The van der Waals surface area contributed by atoms with Crippen LogP contribution in [0, 0.1) is 6.92 Å². The molecule has 2 heterocycles. The monoisotopic (exact) mass is 241 g/mol. The fourth-order valence-corrected chi connectivity index (χ4v) is 2.46. The first-order chi connectivity index (χ1) is 7.58. The topological polar surface area (TPSA) is 49.2 Å². The van der Waals surface area contributed by atoms with E-state index in [1.165, 1.54) is 0 Å². The lowest BCUT2D eigenvalue weighted by molar-refractivity contribution is 0.164. The Balaban J connectivity index is 2.29. The molecule has 1 aliphatic heterocycles. The van der Waals surface area contributed by atoms with E-state index in [0.29, 0.717) is 11.0 Å². The van der Waals surface area contributed by atoms with Gasteiger partial charge >= 0.3 is 0 Å². The summed E-state index contributed by atoms with van der Waals surface area (Å²) in [6.45, 7) is 4.56. The molecule has 0 radical (unpaired) electrons. The molecule has 0 amide bonds. The number of aryl methyl sites for hydroxylation is 1. The second kappa shape index (κ2) is 4.55. The normalized spacial score (nSPS) is 22.5. The average Bonchev–Trinajstić information content (AvgIpc) is 2.63. The lowest BCUT2D eigenvalue weighted by Gasteiger charge is -2.27. The number of nitrogens with zero attached hydrogens (tertiary/aromatic N) is 3. The molecule has 1 aromatic heterocycles. The minimum absolute atomic E-state index is 0.144. The molecule has 1 aliphatic rings. The van der Waals surface area contributed by atoms with Crippen LogP contribution in [-0.2, 0) is 0 Å². The molecule has 88 valence electrons. The zero-order valence-electron chi connectivity index (χ0n) is 9.52. The Bertz CT molecular complexity index is 363. The number of hydrogen-bond acceptors (Lipinski definition) is 4. The van der Waals surface area contributed by atoms with E-state index in [-0.39, 0.29) is 12.1 Å². The Kier molecular flexibility index (Phi) is 3.30. The fraction of sp³-hybridized carbons (Fsp3) is 0.636. The van der Waals surface area contributed by atoms with Gasteiger partial charge in [0.05, 0.1) is 12.1 Å². The summed E-state index contributed by atoms with van der Waals surface area (Å²) in [6.07, 6.45) is 1.73. The highest BCUT2D eigenvalue weighted by Gasteiger charge is 2.29. The summed E-state index contributed by atoms with van der Waals surface area (Å²) >= 11 is 5.92. The molecule has 1 saturated heterocycles. The Hall–Kier alpha value is -0.870. The van der Waals surface area contributed by atoms with E-state index in [0.717, 1.165) is 25.2 Å². The average molecular weight is 242 g/mol. The molecule has 4 nitrogen and oxygen atoms in total. The van der Waals surface area contributed by atoms with E-state index in [2.05, 4.69) is 14.9 Å². The lowest BCUT2D eigenvalue weighted by Crippen LogP contribution is -2.38. The molecule has 5 heteroatoms. The molecule has 0 unspecified atom stereocenters. The molecule has 2 rings (SSSR count). The zero-order valence-corrected chi connectivity index (χ0v) is 10.3. The Morgan fingerprint density at radius 3 is 2.94 bits per heavy atom. The Labute approximate surface area is 100 Å². The number of hydrogen-bond donors (Lipinski definition) is 1. The van der Waals surface area contributed by atoms with Gasteiger partial charge in [-0.05, 0) is 26.7 Å². The first kappa shape index (κ1) is 11.6. The first-order valence-corrected chi connectivity index (χ1v) is 5.91. The predicted octanol–water partition coefficient (Wildman–Crippen LogP) is 1.79. The van der Waals surface area contributed by atoms with E-state index in [9.17, 15) is 5.11 Å². The molecule has 0 saturated carbocycles. The van der Waals surface area contributed by atoms with E-state index in [1.807, 2.05) is 13.8 Å². The summed E-state index contributed by atoms with van der Waals surface area (Å²) in [5, 5.41) is 10.2. The number of anilines is 1. The van der Waals surface area contributed by atoms with Crippen LogP contribution in [0.3, 0.4) is 0 Å². The smallest absolute Gasteiger partial charge is 0.134 e. The summed E-state index contributed by atoms with van der Waals surface area (Å²) in [5.74, 6) is 1.49. The predicted molar refractivity (Wildman–Crippen MR) is 63.8 cm³/mol. The second-order valence-electron chi connectivity index (χ2n) is 4.24. The van der Waals surface area contributed by atoms with Crippen LogP contribution >= 0.6 is 11.6 Å². The minimum Gasteiger partial charge on any atom is -0.391 e. The molecular formula is C11H16ClN3O. The summed E-state index contributed by atoms with van der Waals surface area (Å²) in [6, 6.07) is 1.90. The summed E-state index contributed by atoms with van der Waals surface area (Å²) < 4.78 is 0. The van der Waals surface area contributed by atoms with Gasteiger partial charge in [0.2, 0.25) is 0 Å². The van der Waals surface area contributed by atoms with E-state index < -0.39 is 0 Å². The van der Waals surface area contributed by atoms with Crippen molar-refractivity contribution >= 4 is 17.4 Å². The van der Waals surface area contributed by atoms with Crippen molar-refractivity contribution in [3.05, 3.63) is 17.0 Å². The maximum absolute atomic E-state index is 9.70. The number of aliphatic hydroxyl groups is 1. The molecule has 1 aromatic rings. The third-order valence-corrected chi connectivity index (χ3v) is 3.14. The molecular weight excluding hydrogens is 226 g/mol. The van der Waals surface area contributed by atoms with Crippen LogP contribution in [0.2, 0.25) is 5.15 Å². The van der Waals surface area contributed by atoms with Crippen LogP contribution in [0.25, 0.3) is 0 Å². The highest BCUT2D eigenvalue weighted by Crippen LogP contribution is 2.27. The summed E-state index contributed by atoms with van der Waals surface area (Å²) in [4.78, 5) is 10.5. The molecule has 0 spiro atoms. The van der Waals surface area contributed by atoms with Gasteiger partial charge in [0.15, 0.2) is 0 Å². The van der Waals surface area contributed by atoms with Gasteiger partial charge in [0, 0.05) is 12.6 Å². The van der Waals surface area contributed by atoms with E-state index >= 15 is 0 Å². The van der Waals surface area contributed by atoms with Crippen molar-refractivity contribution in [3.63, 3.8) is 0 Å². The van der Waals surface area contributed by atoms with Gasteiger partial charge in [-0.1, -0.05) is 11.6 Å². The van der Waals surface area contributed by atoms with Gasteiger partial charge in [-0.3, -0.25) is 0 Å². The molecule has 0 aliphatic carbocycles. The van der Waals surface area contributed by atoms with Crippen LogP contribution < -0.4 is 4.90 Å². The van der Waals surface area contributed by atoms with Gasteiger partial charge in [0.1, 0.15) is 16.8 Å². The van der Waals surface area contributed by atoms with Crippen molar-refractivity contribution in [2.24, 2.45) is 0 Å². The van der Waals surface area contributed by atoms with Crippen molar-refractivity contribution in [2.45, 2.75) is 38.8 Å². The maximum atomic E-state index is 9.70. The third kappa shape index (κ3) is 2.28. The zero-order chi connectivity index (χ0) is 11.7. The standard InChI is InChI=1S/C11H16ClN3O/c1-7(16)9-4-3-5-15(9)11-6-10(12)13-8(2)14-11/h6-7,9,16H,3-5H2,1-2H3/t7-,9+/m0/s1. The van der Waals surface area contributed by atoms with Gasteiger partial charge in [-0.25, -0.2) is 9.97 Å². The first-order valence-electron chi connectivity index (χ1n) is 5.54. The van der Waals surface area contributed by atoms with Crippen LogP contribution in [0.15, 0.2) is 6.07 Å². The number of halogens is 1. The van der Waals surface area contributed by atoms with Crippen molar-refractivity contribution in [2.75, 3.05) is 11.4 Å². The lowest BCUT2D eigenvalue weighted by atomic mass is 10.1. The maximum Gasteiger partial charge on any atom is 0.134 e. The quantitative estimate of drug-likeness (QED) is 0.802. The second-order valence-corrected chi connectivity index (χ2v) is 4.63. The highest BCUT2D eigenvalue weighted by atomic mass is 35.5. The number of aliphatic hydroxyl groups excluding tert-OH is 1. The van der Waals surface area contributed by atoms with Crippen molar-refractivity contribution in [1.29, 1.82) is 0 Å². The molecule has 0 bridgehead atoms. The van der Waals surface area contributed by atoms with Crippen LogP contribution in [0.4, 0.5) is 5.82 Å². The molecule has 0 aromatic carbocycles. The van der Waals surface area contributed by atoms with Gasteiger partial charge in [0.25, 0.3) is 0 Å². The molecule has 2 atom stereocenters. The van der Waals surface area contributed by atoms with Crippen molar-refractivity contribution in [3.8, 4) is 0 Å². The number of rotatable bonds is 2. The summed E-state index contributed by atoms with van der Waals surface area (Å²) in [5.41, 5.74) is 0. The fourth-order valence-electron chi connectivity index (χ4n) is 2.24. The molecule has 16 heavy (non-hydrogen) atoms. The third-order valence-electron chi connectivity index (χ3n) is 2.94. The van der Waals surface area contributed by atoms with Gasteiger partial charge in [-0.2, -0.15) is 0 Å². The highest BCUT2D eigenvalue weighted by molar-refractivity contribution is 6.29. The molecule has 1 fully saturated rings. The van der Waals surface area contributed by atoms with Gasteiger partial charge in [-0.15, -0.1) is 0 Å². The van der Waals surface area contributed by atoms with Crippen LogP contribution in [0.1, 0.15) is 25.6 Å². The minimum atomic E-state index is -0.350. The van der Waals surface area contributed by atoms with Crippen molar-refractivity contribution in [1.82, 2.24) is 9.97 Å². The van der Waals surface area contributed by atoms with Crippen molar-refractivity contribution < 1.29 is 5.11 Å². The SMILES string of the molecule is Cc1nc(Cl)cc(N2CCC[C@@H]2[C@H](C)O)n1. The van der Waals surface area contributed by atoms with E-state index in [4.69, 9.17) is 11.6 Å². The van der Waals surface area contributed by atoms with Gasteiger partial charge < -0.3 is 10.0 Å². The van der Waals surface area contributed by atoms with E-state index in [1.54, 1.807) is 6.07 Å². The summed E-state index contributed by atoms with van der Waals surface area (Å²) in [7, 11) is 0. The largest absolute Gasteiger partial charge is 0.391 e.